The van der Waals surface area contributed by atoms with E-state index < -0.39 is 0 Å². The van der Waals surface area contributed by atoms with E-state index in [0.717, 1.165) is 37.2 Å². The standard InChI is InChI=1S/C21H24ClN3O2/c1-15-5-8-17(22)13-19(15)23-14-20(26)24-18-9-6-16(7-10-18)21(27)25-11-3-2-4-12-25/h5-10,13,23H,2-4,11-12,14H2,1H3,(H,24,26). The van der Waals surface area contributed by atoms with Crippen molar-refractivity contribution < 1.29 is 9.59 Å². The van der Waals surface area contributed by atoms with Crippen LogP contribution in [0, 0.1) is 6.92 Å². The van der Waals surface area contributed by atoms with Gasteiger partial charge in [-0.1, -0.05) is 17.7 Å². The zero-order valence-corrected chi connectivity index (χ0v) is 16.2. The molecule has 0 unspecified atom stereocenters. The number of hydrogen-bond acceptors (Lipinski definition) is 3. The molecule has 1 heterocycles. The predicted molar refractivity (Wildman–Crippen MR) is 110 cm³/mol. The molecule has 2 N–H and O–H groups in total. The van der Waals surface area contributed by atoms with E-state index in [9.17, 15) is 9.59 Å². The Hall–Kier alpha value is -2.53. The minimum absolute atomic E-state index is 0.0608. The molecule has 27 heavy (non-hydrogen) atoms. The molecule has 0 aliphatic carbocycles. The molecule has 3 rings (SSSR count). The Labute approximate surface area is 164 Å². The van der Waals surface area contributed by atoms with Gasteiger partial charge in [0, 0.05) is 35.1 Å². The van der Waals surface area contributed by atoms with E-state index in [4.69, 9.17) is 11.6 Å². The highest BCUT2D eigenvalue weighted by atomic mass is 35.5. The molecule has 1 fully saturated rings. The second kappa shape index (κ2) is 8.91. The van der Waals surface area contributed by atoms with Gasteiger partial charge < -0.3 is 15.5 Å². The van der Waals surface area contributed by atoms with Crippen LogP contribution in [0.4, 0.5) is 11.4 Å². The van der Waals surface area contributed by atoms with Gasteiger partial charge in [-0.05, 0) is 68.1 Å². The lowest BCUT2D eigenvalue weighted by Gasteiger charge is -2.26. The molecular weight excluding hydrogens is 362 g/mol. The molecule has 1 saturated heterocycles. The van der Waals surface area contributed by atoms with Crippen LogP contribution >= 0.6 is 11.6 Å². The Morgan fingerprint density at radius 2 is 1.74 bits per heavy atom. The zero-order chi connectivity index (χ0) is 19.2. The van der Waals surface area contributed by atoms with Crippen molar-refractivity contribution in [3.05, 3.63) is 58.6 Å². The minimum Gasteiger partial charge on any atom is -0.376 e. The van der Waals surface area contributed by atoms with Crippen LogP contribution in [0.1, 0.15) is 35.2 Å². The first-order valence-corrected chi connectivity index (χ1v) is 9.60. The van der Waals surface area contributed by atoms with Crippen molar-refractivity contribution in [1.82, 2.24) is 4.90 Å². The molecule has 0 saturated carbocycles. The lowest BCUT2D eigenvalue weighted by molar-refractivity contribution is -0.114. The third-order valence-corrected chi connectivity index (χ3v) is 4.93. The Morgan fingerprint density at radius 1 is 1.04 bits per heavy atom. The van der Waals surface area contributed by atoms with Gasteiger partial charge in [0.1, 0.15) is 0 Å². The van der Waals surface area contributed by atoms with Crippen LogP contribution in [-0.4, -0.2) is 36.3 Å². The number of anilines is 2. The number of likely N-dealkylation sites (tertiary alicyclic amines) is 1. The van der Waals surface area contributed by atoms with Gasteiger partial charge in [-0.2, -0.15) is 0 Å². The molecule has 0 aromatic heterocycles. The van der Waals surface area contributed by atoms with E-state index in [2.05, 4.69) is 10.6 Å². The Balaban J connectivity index is 1.53. The molecule has 2 aromatic carbocycles. The number of piperidine rings is 1. The Morgan fingerprint density at radius 3 is 2.44 bits per heavy atom. The molecule has 1 aliphatic heterocycles. The second-order valence-corrected chi connectivity index (χ2v) is 7.23. The minimum atomic E-state index is -0.163. The maximum Gasteiger partial charge on any atom is 0.253 e. The average molecular weight is 386 g/mol. The third kappa shape index (κ3) is 5.23. The number of carbonyl (C=O) groups excluding carboxylic acids is 2. The Bertz CT molecular complexity index is 815. The maximum atomic E-state index is 12.5. The quantitative estimate of drug-likeness (QED) is 0.805. The highest BCUT2D eigenvalue weighted by Crippen LogP contribution is 2.20. The highest BCUT2D eigenvalue weighted by molar-refractivity contribution is 6.30. The lowest BCUT2D eigenvalue weighted by atomic mass is 10.1. The molecule has 0 atom stereocenters. The van der Waals surface area contributed by atoms with Crippen molar-refractivity contribution in [3.8, 4) is 0 Å². The summed E-state index contributed by atoms with van der Waals surface area (Å²) >= 11 is 5.99. The van der Waals surface area contributed by atoms with Crippen LogP contribution in [0.2, 0.25) is 5.02 Å². The number of hydrogen-bond donors (Lipinski definition) is 2. The fourth-order valence-corrected chi connectivity index (χ4v) is 3.31. The first kappa shape index (κ1) is 19.2. The first-order valence-electron chi connectivity index (χ1n) is 9.22. The van der Waals surface area contributed by atoms with Gasteiger partial charge in [0.05, 0.1) is 6.54 Å². The summed E-state index contributed by atoms with van der Waals surface area (Å²) in [6.07, 6.45) is 3.33. The molecule has 2 aromatic rings. The van der Waals surface area contributed by atoms with Gasteiger partial charge in [-0.3, -0.25) is 9.59 Å². The molecular formula is C21H24ClN3O2. The fraction of sp³-hybridized carbons (Fsp3) is 0.333. The highest BCUT2D eigenvalue weighted by Gasteiger charge is 2.18. The number of halogens is 1. The number of aryl methyl sites for hydroxylation is 1. The molecule has 6 heteroatoms. The van der Waals surface area contributed by atoms with Gasteiger partial charge in [-0.25, -0.2) is 0 Å². The number of rotatable bonds is 5. The number of nitrogens with one attached hydrogen (secondary N) is 2. The van der Waals surface area contributed by atoms with Crippen LogP contribution in [0.25, 0.3) is 0 Å². The smallest absolute Gasteiger partial charge is 0.253 e. The van der Waals surface area contributed by atoms with Gasteiger partial charge >= 0.3 is 0 Å². The van der Waals surface area contributed by atoms with Crippen LogP contribution < -0.4 is 10.6 Å². The number of benzene rings is 2. The summed E-state index contributed by atoms with van der Waals surface area (Å²) in [4.78, 5) is 26.5. The summed E-state index contributed by atoms with van der Waals surface area (Å²) in [6, 6.07) is 12.6. The molecule has 1 aliphatic rings. The largest absolute Gasteiger partial charge is 0.376 e. The zero-order valence-electron chi connectivity index (χ0n) is 15.4. The van der Waals surface area contributed by atoms with Gasteiger partial charge in [-0.15, -0.1) is 0 Å². The molecule has 0 radical (unpaired) electrons. The second-order valence-electron chi connectivity index (χ2n) is 6.79. The Kier molecular flexibility index (Phi) is 6.35. The number of nitrogens with zero attached hydrogens (tertiary/aromatic N) is 1. The summed E-state index contributed by atoms with van der Waals surface area (Å²) in [5, 5.41) is 6.54. The number of amides is 2. The molecule has 5 nitrogen and oxygen atoms in total. The number of carbonyl (C=O) groups is 2. The molecule has 142 valence electrons. The van der Waals surface area contributed by atoms with Crippen molar-refractivity contribution in [1.29, 1.82) is 0 Å². The van der Waals surface area contributed by atoms with E-state index in [1.165, 1.54) is 6.42 Å². The van der Waals surface area contributed by atoms with E-state index in [1.54, 1.807) is 30.3 Å². The SMILES string of the molecule is Cc1ccc(Cl)cc1NCC(=O)Nc1ccc(C(=O)N2CCCCC2)cc1. The van der Waals surface area contributed by atoms with Gasteiger partial charge in [0.2, 0.25) is 5.91 Å². The normalized spacial score (nSPS) is 13.9. The molecule has 0 bridgehead atoms. The molecule has 2 amide bonds. The van der Waals surface area contributed by atoms with Crippen LogP contribution in [0.15, 0.2) is 42.5 Å². The van der Waals surface area contributed by atoms with E-state index in [-0.39, 0.29) is 18.4 Å². The summed E-state index contributed by atoms with van der Waals surface area (Å²) in [6.45, 7) is 3.74. The van der Waals surface area contributed by atoms with Crippen molar-refractivity contribution >= 4 is 34.8 Å². The van der Waals surface area contributed by atoms with Crippen LogP contribution in [0.3, 0.4) is 0 Å². The monoisotopic (exact) mass is 385 g/mol. The molecule has 0 spiro atoms. The van der Waals surface area contributed by atoms with Crippen molar-refractivity contribution in [2.24, 2.45) is 0 Å². The van der Waals surface area contributed by atoms with E-state index >= 15 is 0 Å². The van der Waals surface area contributed by atoms with Gasteiger partial charge in [0.15, 0.2) is 0 Å². The van der Waals surface area contributed by atoms with Gasteiger partial charge in [0.25, 0.3) is 5.91 Å². The third-order valence-electron chi connectivity index (χ3n) is 4.70. The summed E-state index contributed by atoms with van der Waals surface area (Å²) < 4.78 is 0. The van der Waals surface area contributed by atoms with Crippen molar-refractivity contribution in [2.75, 3.05) is 30.3 Å². The predicted octanol–water partition coefficient (Wildman–Crippen LogP) is 4.33. The lowest BCUT2D eigenvalue weighted by Crippen LogP contribution is -2.35. The van der Waals surface area contributed by atoms with E-state index in [1.807, 2.05) is 24.0 Å². The van der Waals surface area contributed by atoms with Crippen molar-refractivity contribution in [2.45, 2.75) is 26.2 Å². The van der Waals surface area contributed by atoms with Crippen molar-refractivity contribution in [3.63, 3.8) is 0 Å². The first-order chi connectivity index (χ1) is 13.0. The summed E-state index contributed by atoms with van der Waals surface area (Å²) in [7, 11) is 0. The van der Waals surface area contributed by atoms with Crippen LogP contribution in [0.5, 0.6) is 0 Å². The maximum absolute atomic E-state index is 12.5. The summed E-state index contributed by atoms with van der Waals surface area (Å²) in [5.41, 5.74) is 3.18. The fourth-order valence-electron chi connectivity index (χ4n) is 3.14. The average Bonchev–Trinajstić information content (AvgIpc) is 2.69. The summed E-state index contributed by atoms with van der Waals surface area (Å²) in [5.74, 6) is -0.102. The van der Waals surface area contributed by atoms with E-state index in [0.29, 0.717) is 16.3 Å². The van der Waals surface area contributed by atoms with Crippen LogP contribution in [-0.2, 0) is 4.79 Å². The topological polar surface area (TPSA) is 61.4 Å².